The standard InChI is InChI=1S/C13H26N4/c1-6-8-17-13(12(14)11(4)15-17)16(5)9-7-10(2)3/h10H,6-9,14H2,1-5H3. The summed E-state index contributed by atoms with van der Waals surface area (Å²) in [6.07, 6.45) is 2.25. The number of anilines is 2. The van der Waals surface area contributed by atoms with E-state index >= 15 is 0 Å². The Labute approximate surface area is 105 Å². The lowest BCUT2D eigenvalue weighted by Crippen LogP contribution is -2.24. The first-order chi connectivity index (χ1) is 7.97. The molecule has 0 spiro atoms. The molecule has 17 heavy (non-hydrogen) atoms. The van der Waals surface area contributed by atoms with Gasteiger partial charge < -0.3 is 10.6 Å². The molecule has 0 fully saturated rings. The topological polar surface area (TPSA) is 47.1 Å². The largest absolute Gasteiger partial charge is 0.394 e. The second-order valence-electron chi connectivity index (χ2n) is 5.15. The number of aromatic nitrogens is 2. The van der Waals surface area contributed by atoms with E-state index in [2.05, 4.69) is 37.8 Å². The molecule has 4 nitrogen and oxygen atoms in total. The average molecular weight is 238 g/mol. The molecule has 4 heteroatoms. The van der Waals surface area contributed by atoms with Gasteiger partial charge in [0.05, 0.1) is 11.4 Å². The number of hydrogen-bond donors (Lipinski definition) is 1. The second kappa shape index (κ2) is 5.94. The number of rotatable bonds is 6. The number of nitrogen functional groups attached to an aromatic ring is 1. The summed E-state index contributed by atoms with van der Waals surface area (Å²) in [4.78, 5) is 2.23. The van der Waals surface area contributed by atoms with Gasteiger partial charge in [-0.2, -0.15) is 5.10 Å². The molecule has 0 saturated heterocycles. The molecule has 0 aliphatic carbocycles. The molecular formula is C13H26N4. The van der Waals surface area contributed by atoms with E-state index in [0.29, 0.717) is 5.92 Å². The quantitative estimate of drug-likeness (QED) is 0.829. The molecule has 0 aliphatic rings. The van der Waals surface area contributed by atoms with Crippen LogP contribution in [0.4, 0.5) is 11.5 Å². The van der Waals surface area contributed by atoms with Crippen molar-refractivity contribution in [1.82, 2.24) is 9.78 Å². The summed E-state index contributed by atoms with van der Waals surface area (Å²) in [5.41, 5.74) is 7.87. The Balaban J connectivity index is 2.86. The number of nitrogens with zero attached hydrogens (tertiary/aromatic N) is 3. The third-order valence-corrected chi connectivity index (χ3v) is 2.98. The Morgan fingerprint density at radius 2 is 2.06 bits per heavy atom. The molecule has 1 aromatic rings. The molecule has 98 valence electrons. The van der Waals surface area contributed by atoms with E-state index in [9.17, 15) is 0 Å². The fourth-order valence-corrected chi connectivity index (χ4v) is 1.91. The van der Waals surface area contributed by atoms with Crippen molar-refractivity contribution in [3.63, 3.8) is 0 Å². The maximum Gasteiger partial charge on any atom is 0.150 e. The van der Waals surface area contributed by atoms with E-state index in [-0.39, 0.29) is 0 Å². The minimum Gasteiger partial charge on any atom is -0.394 e. The predicted octanol–water partition coefficient (Wildman–Crippen LogP) is 2.67. The van der Waals surface area contributed by atoms with Crippen molar-refractivity contribution in [2.45, 2.75) is 47.1 Å². The lowest BCUT2D eigenvalue weighted by atomic mass is 10.1. The van der Waals surface area contributed by atoms with Crippen molar-refractivity contribution in [3.8, 4) is 0 Å². The van der Waals surface area contributed by atoms with Crippen LogP contribution in [0.25, 0.3) is 0 Å². The highest BCUT2D eigenvalue weighted by Gasteiger charge is 2.15. The third-order valence-electron chi connectivity index (χ3n) is 2.98. The van der Waals surface area contributed by atoms with Gasteiger partial charge in [-0.05, 0) is 25.7 Å². The van der Waals surface area contributed by atoms with E-state index in [1.54, 1.807) is 0 Å². The Morgan fingerprint density at radius 3 is 2.59 bits per heavy atom. The summed E-state index contributed by atoms with van der Waals surface area (Å²) in [5.74, 6) is 1.78. The Kier molecular flexibility index (Phi) is 4.85. The summed E-state index contributed by atoms with van der Waals surface area (Å²) in [7, 11) is 2.10. The van der Waals surface area contributed by atoms with Crippen LogP contribution in [0.15, 0.2) is 0 Å². The molecule has 0 aliphatic heterocycles. The van der Waals surface area contributed by atoms with Crippen LogP contribution in [0.5, 0.6) is 0 Å². The van der Waals surface area contributed by atoms with Crippen molar-refractivity contribution in [2.75, 3.05) is 24.2 Å². The second-order valence-corrected chi connectivity index (χ2v) is 5.15. The predicted molar refractivity (Wildman–Crippen MR) is 74.4 cm³/mol. The average Bonchev–Trinajstić information content (AvgIpc) is 2.52. The molecule has 0 saturated carbocycles. The van der Waals surface area contributed by atoms with Crippen LogP contribution < -0.4 is 10.6 Å². The highest BCUT2D eigenvalue weighted by Crippen LogP contribution is 2.26. The van der Waals surface area contributed by atoms with Crippen LogP contribution in [-0.2, 0) is 6.54 Å². The van der Waals surface area contributed by atoms with Gasteiger partial charge in [0.15, 0.2) is 0 Å². The maximum atomic E-state index is 6.12. The molecule has 1 heterocycles. The zero-order valence-corrected chi connectivity index (χ0v) is 11.8. The first-order valence-electron chi connectivity index (χ1n) is 6.51. The normalized spacial score (nSPS) is 11.2. The van der Waals surface area contributed by atoms with Crippen LogP contribution in [-0.4, -0.2) is 23.4 Å². The molecular weight excluding hydrogens is 212 g/mol. The highest BCUT2D eigenvalue weighted by atomic mass is 15.4. The van der Waals surface area contributed by atoms with E-state index in [4.69, 9.17) is 5.73 Å². The highest BCUT2D eigenvalue weighted by molar-refractivity contribution is 5.65. The van der Waals surface area contributed by atoms with Gasteiger partial charge in [-0.25, -0.2) is 4.68 Å². The van der Waals surface area contributed by atoms with E-state index in [0.717, 1.165) is 36.7 Å². The van der Waals surface area contributed by atoms with E-state index in [1.807, 2.05) is 11.6 Å². The molecule has 0 aromatic carbocycles. The van der Waals surface area contributed by atoms with Gasteiger partial charge >= 0.3 is 0 Å². The fourth-order valence-electron chi connectivity index (χ4n) is 1.91. The molecule has 0 atom stereocenters. The van der Waals surface area contributed by atoms with Crippen molar-refractivity contribution in [2.24, 2.45) is 5.92 Å². The molecule has 0 unspecified atom stereocenters. The zero-order valence-electron chi connectivity index (χ0n) is 11.8. The SMILES string of the molecule is CCCn1nc(C)c(N)c1N(C)CCC(C)C. The minimum atomic E-state index is 0.710. The molecule has 2 N–H and O–H groups in total. The van der Waals surface area contributed by atoms with Crippen LogP contribution in [0.3, 0.4) is 0 Å². The van der Waals surface area contributed by atoms with Gasteiger partial charge in [-0.15, -0.1) is 0 Å². The smallest absolute Gasteiger partial charge is 0.150 e. The van der Waals surface area contributed by atoms with Gasteiger partial charge in [0.25, 0.3) is 0 Å². The minimum absolute atomic E-state index is 0.710. The van der Waals surface area contributed by atoms with E-state index < -0.39 is 0 Å². The number of hydrogen-bond acceptors (Lipinski definition) is 3. The van der Waals surface area contributed by atoms with Crippen molar-refractivity contribution < 1.29 is 0 Å². The summed E-state index contributed by atoms with van der Waals surface area (Å²) in [6.45, 7) is 10.6. The number of aryl methyl sites for hydroxylation is 2. The lowest BCUT2D eigenvalue weighted by Gasteiger charge is -2.22. The Bertz CT molecular complexity index is 355. The summed E-state index contributed by atoms with van der Waals surface area (Å²) < 4.78 is 2.03. The number of nitrogens with two attached hydrogens (primary N) is 1. The Morgan fingerprint density at radius 1 is 1.41 bits per heavy atom. The first kappa shape index (κ1) is 13.9. The Hall–Kier alpha value is -1.19. The molecule has 1 rings (SSSR count). The van der Waals surface area contributed by atoms with Crippen molar-refractivity contribution in [3.05, 3.63) is 5.69 Å². The van der Waals surface area contributed by atoms with Gasteiger partial charge in [0.1, 0.15) is 5.82 Å². The summed E-state index contributed by atoms with van der Waals surface area (Å²) >= 11 is 0. The first-order valence-corrected chi connectivity index (χ1v) is 6.51. The fraction of sp³-hybridized carbons (Fsp3) is 0.769. The summed E-state index contributed by atoms with van der Waals surface area (Å²) in [5, 5.41) is 4.50. The van der Waals surface area contributed by atoms with Crippen LogP contribution >= 0.6 is 0 Å². The molecule has 0 bridgehead atoms. The maximum absolute atomic E-state index is 6.12. The van der Waals surface area contributed by atoms with Gasteiger partial charge in [-0.3, -0.25) is 0 Å². The molecule has 0 radical (unpaired) electrons. The monoisotopic (exact) mass is 238 g/mol. The van der Waals surface area contributed by atoms with Gasteiger partial charge in [0.2, 0.25) is 0 Å². The van der Waals surface area contributed by atoms with Crippen molar-refractivity contribution >= 4 is 11.5 Å². The van der Waals surface area contributed by atoms with Crippen LogP contribution in [0.1, 0.15) is 39.3 Å². The van der Waals surface area contributed by atoms with Gasteiger partial charge in [-0.1, -0.05) is 20.8 Å². The van der Waals surface area contributed by atoms with Gasteiger partial charge in [0, 0.05) is 20.1 Å². The van der Waals surface area contributed by atoms with Crippen LogP contribution in [0.2, 0.25) is 0 Å². The van der Waals surface area contributed by atoms with E-state index in [1.165, 1.54) is 6.42 Å². The lowest BCUT2D eigenvalue weighted by molar-refractivity contribution is 0.560. The zero-order chi connectivity index (χ0) is 13.0. The summed E-state index contributed by atoms with van der Waals surface area (Å²) in [6, 6.07) is 0. The third kappa shape index (κ3) is 3.38. The molecule has 0 amide bonds. The van der Waals surface area contributed by atoms with Crippen molar-refractivity contribution in [1.29, 1.82) is 0 Å². The van der Waals surface area contributed by atoms with Crippen LogP contribution in [0, 0.1) is 12.8 Å². The molecule has 1 aromatic heterocycles.